The van der Waals surface area contributed by atoms with Gasteiger partial charge in [0.15, 0.2) is 5.58 Å². The van der Waals surface area contributed by atoms with Crippen LogP contribution in [0.2, 0.25) is 0 Å². The molecule has 0 saturated heterocycles. The fourth-order valence-electron chi connectivity index (χ4n) is 2.71. The molecule has 2 aromatic rings. The van der Waals surface area contributed by atoms with Gasteiger partial charge in [-0.25, -0.2) is 9.59 Å². The van der Waals surface area contributed by atoms with E-state index < -0.39 is 28.6 Å². The van der Waals surface area contributed by atoms with Crippen LogP contribution in [0.4, 0.5) is 5.69 Å². The first kappa shape index (κ1) is 20.1. The van der Waals surface area contributed by atoms with E-state index in [2.05, 4.69) is 5.32 Å². The fraction of sp³-hybridized carbons (Fsp3) is 0.471. The second kappa shape index (κ2) is 8.97. The number of benzene rings is 1. The molecule has 0 bridgehead atoms. The molecule has 0 spiro atoms. The average Bonchev–Trinajstić information content (AvgIpc) is 2.93. The highest BCUT2D eigenvalue weighted by Gasteiger charge is 2.19. The van der Waals surface area contributed by atoms with Crippen LogP contribution in [0.5, 0.6) is 0 Å². The number of oxazole rings is 1. The van der Waals surface area contributed by atoms with Crippen molar-refractivity contribution in [3.05, 3.63) is 38.9 Å². The second-order valence-corrected chi connectivity index (χ2v) is 6.13. The molecule has 1 amide bonds. The first-order valence-corrected chi connectivity index (χ1v) is 8.63. The number of carboxylic acids is 1. The average molecular weight is 379 g/mol. The van der Waals surface area contributed by atoms with Gasteiger partial charge in [-0.15, -0.1) is 0 Å². The molecule has 146 valence electrons. The quantitative estimate of drug-likeness (QED) is 0.474. The van der Waals surface area contributed by atoms with Gasteiger partial charge in [0.1, 0.15) is 6.04 Å². The van der Waals surface area contributed by atoms with Gasteiger partial charge in [0, 0.05) is 19.0 Å². The van der Waals surface area contributed by atoms with E-state index in [-0.39, 0.29) is 30.7 Å². The number of carboxylic acid groups (broad SMARTS) is 1. The van der Waals surface area contributed by atoms with Crippen molar-refractivity contribution in [2.45, 2.75) is 51.6 Å². The van der Waals surface area contributed by atoms with Crippen LogP contribution in [0.1, 0.15) is 39.0 Å². The minimum Gasteiger partial charge on any atom is -0.480 e. The molecule has 0 aliphatic heterocycles. The Balaban J connectivity index is 1.97. The van der Waals surface area contributed by atoms with Gasteiger partial charge in [0.2, 0.25) is 5.91 Å². The number of aliphatic carboxylic acids is 1. The maximum Gasteiger partial charge on any atom is 0.419 e. The molecule has 1 aromatic heterocycles. The lowest BCUT2D eigenvalue weighted by Crippen LogP contribution is -2.40. The zero-order valence-corrected chi connectivity index (χ0v) is 14.8. The summed E-state index contributed by atoms with van der Waals surface area (Å²) in [6.45, 7) is 2.10. The van der Waals surface area contributed by atoms with Crippen molar-refractivity contribution in [1.82, 2.24) is 9.88 Å². The Hall–Kier alpha value is -3.17. The zero-order chi connectivity index (χ0) is 20.0. The van der Waals surface area contributed by atoms with Gasteiger partial charge in [-0.05, 0) is 18.9 Å². The molecule has 0 fully saturated rings. The van der Waals surface area contributed by atoms with Gasteiger partial charge in [-0.2, -0.15) is 0 Å². The Morgan fingerprint density at radius 2 is 2.11 bits per heavy atom. The van der Waals surface area contributed by atoms with E-state index in [9.17, 15) is 24.5 Å². The van der Waals surface area contributed by atoms with Crippen molar-refractivity contribution in [3.8, 4) is 0 Å². The lowest BCUT2D eigenvalue weighted by atomic mass is 10.1. The van der Waals surface area contributed by atoms with Crippen molar-refractivity contribution in [1.29, 1.82) is 0 Å². The van der Waals surface area contributed by atoms with Gasteiger partial charge >= 0.3 is 11.7 Å². The highest BCUT2D eigenvalue weighted by atomic mass is 16.6. The summed E-state index contributed by atoms with van der Waals surface area (Å²) in [5, 5.41) is 22.4. The summed E-state index contributed by atoms with van der Waals surface area (Å²) in [7, 11) is 0. The first-order valence-electron chi connectivity index (χ1n) is 8.63. The highest BCUT2D eigenvalue weighted by molar-refractivity contribution is 5.83. The molecule has 0 aliphatic carbocycles. The van der Waals surface area contributed by atoms with Gasteiger partial charge in [0.25, 0.3) is 5.69 Å². The number of nitro groups is 1. The van der Waals surface area contributed by atoms with Crippen molar-refractivity contribution in [3.63, 3.8) is 0 Å². The largest absolute Gasteiger partial charge is 0.480 e. The predicted octanol–water partition coefficient (Wildman–Crippen LogP) is 2.04. The molecule has 0 saturated carbocycles. The van der Waals surface area contributed by atoms with Crippen LogP contribution in [-0.2, 0) is 16.1 Å². The predicted molar refractivity (Wildman–Crippen MR) is 95.5 cm³/mol. The van der Waals surface area contributed by atoms with E-state index in [0.29, 0.717) is 18.4 Å². The van der Waals surface area contributed by atoms with Crippen molar-refractivity contribution < 1.29 is 24.0 Å². The van der Waals surface area contributed by atoms with Crippen LogP contribution in [-0.4, -0.2) is 32.5 Å². The van der Waals surface area contributed by atoms with Crippen LogP contribution >= 0.6 is 0 Å². The number of non-ortho nitro benzene ring substituents is 1. The van der Waals surface area contributed by atoms with Gasteiger partial charge in [-0.3, -0.25) is 19.5 Å². The van der Waals surface area contributed by atoms with E-state index in [1.54, 1.807) is 0 Å². The molecule has 1 heterocycles. The maximum absolute atomic E-state index is 12.0. The van der Waals surface area contributed by atoms with Crippen LogP contribution < -0.4 is 11.1 Å². The van der Waals surface area contributed by atoms with Gasteiger partial charge in [-0.1, -0.05) is 19.8 Å². The third-order valence-electron chi connectivity index (χ3n) is 4.13. The maximum atomic E-state index is 12.0. The molecular weight excluding hydrogens is 358 g/mol. The summed E-state index contributed by atoms with van der Waals surface area (Å²) in [5.41, 5.74) is 0.316. The molecule has 10 heteroatoms. The Bertz CT molecular complexity index is 900. The Labute approximate surface area is 153 Å². The van der Waals surface area contributed by atoms with Crippen LogP contribution in [0.25, 0.3) is 11.1 Å². The number of carbonyl (C=O) groups is 2. The zero-order valence-electron chi connectivity index (χ0n) is 14.8. The minimum absolute atomic E-state index is 0.0437. The third-order valence-corrected chi connectivity index (χ3v) is 4.13. The molecule has 1 atom stereocenters. The molecule has 1 aromatic carbocycles. The molecule has 2 rings (SSSR count). The summed E-state index contributed by atoms with van der Waals surface area (Å²) in [6, 6.07) is 2.94. The van der Waals surface area contributed by atoms with Crippen LogP contribution in [0.3, 0.4) is 0 Å². The number of amides is 1. The monoisotopic (exact) mass is 379 g/mol. The van der Waals surface area contributed by atoms with Crippen molar-refractivity contribution >= 4 is 28.7 Å². The van der Waals surface area contributed by atoms with Gasteiger partial charge < -0.3 is 14.8 Å². The summed E-state index contributed by atoms with van der Waals surface area (Å²) in [4.78, 5) is 45.2. The Morgan fingerprint density at radius 1 is 1.37 bits per heavy atom. The summed E-state index contributed by atoms with van der Waals surface area (Å²) < 4.78 is 6.30. The number of nitrogens with one attached hydrogen (secondary N) is 1. The number of unbranched alkanes of at least 4 members (excludes halogenated alkanes) is 1. The molecule has 0 aliphatic rings. The smallest absolute Gasteiger partial charge is 0.419 e. The first-order chi connectivity index (χ1) is 12.8. The summed E-state index contributed by atoms with van der Waals surface area (Å²) >= 11 is 0. The summed E-state index contributed by atoms with van der Waals surface area (Å²) in [5.74, 6) is -2.15. The van der Waals surface area contributed by atoms with E-state index >= 15 is 0 Å². The number of nitro benzene ring substituents is 1. The number of rotatable bonds is 10. The second-order valence-electron chi connectivity index (χ2n) is 6.13. The van der Waals surface area contributed by atoms with Crippen molar-refractivity contribution in [2.75, 3.05) is 0 Å². The lowest BCUT2D eigenvalue weighted by molar-refractivity contribution is -0.384. The lowest BCUT2D eigenvalue weighted by Gasteiger charge is -2.14. The third kappa shape index (κ3) is 5.16. The number of hydrogen-bond donors (Lipinski definition) is 2. The van der Waals surface area contributed by atoms with E-state index in [1.807, 2.05) is 6.92 Å². The number of hydrogen-bond acceptors (Lipinski definition) is 6. The highest BCUT2D eigenvalue weighted by Crippen LogP contribution is 2.20. The van der Waals surface area contributed by atoms with E-state index in [4.69, 9.17) is 9.52 Å². The Kier molecular flexibility index (Phi) is 6.69. The molecule has 0 radical (unpaired) electrons. The molecule has 10 nitrogen and oxygen atoms in total. The van der Waals surface area contributed by atoms with E-state index in [1.165, 1.54) is 22.8 Å². The SMILES string of the molecule is CCCC[C@H](NC(=O)CCCn1c(=O)oc2cc([N+](=O)[O-])ccc21)C(=O)O. The standard InChI is InChI=1S/C17H21N3O7/c1-2-3-5-12(16(22)23)18-15(21)6-4-9-19-13-8-7-11(20(25)26)10-14(13)27-17(19)24/h7-8,10,12H,2-6,9H2,1H3,(H,18,21)(H,22,23)/t12-/m0/s1. The van der Waals surface area contributed by atoms with Gasteiger partial charge in [0.05, 0.1) is 16.5 Å². The number of carbonyl (C=O) groups excluding carboxylic acids is 1. The molecule has 2 N–H and O–H groups in total. The van der Waals surface area contributed by atoms with Crippen LogP contribution in [0, 0.1) is 10.1 Å². The number of fused-ring (bicyclic) bond motifs is 1. The molecule has 0 unspecified atom stereocenters. The summed E-state index contributed by atoms with van der Waals surface area (Å²) in [6.07, 6.45) is 2.22. The van der Waals surface area contributed by atoms with Crippen LogP contribution in [0.15, 0.2) is 27.4 Å². The number of aromatic nitrogens is 1. The molecule has 27 heavy (non-hydrogen) atoms. The number of aryl methyl sites for hydroxylation is 1. The topological polar surface area (TPSA) is 145 Å². The fourth-order valence-corrected chi connectivity index (χ4v) is 2.71. The minimum atomic E-state index is -1.07. The van der Waals surface area contributed by atoms with Crippen molar-refractivity contribution in [2.24, 2.45) is 0 Å². The number of nitrogens with zero attached hydrogens (tertiary/aromatic N) is 2. The molecular formula is C17H21N3O7. The van der Waals surface area contributed by atoms with E-state index in [0.717, 1.165) is 6.42 Å². The normalized spacial score (nSPS) is 12.0. The Morgan fingerprint density at radius 3 is 2.74 bits per heavy atom.